The molecule has 0 radical (unpaired) electrons. The Hall–Kier alpha value is -1.40. The van der Waals surface area contributed by atoms with Crippen LogP contribution in [0.5, 0.6) is 0 Å². The molecule has 0 aliphatic heterocycles. The molecule has 0 bridgehead atoms. The highest BCUT2D eigenvalue weighted by Gasteiger charge is 2.31. The summed E-state index contributed by atoms with van der Waals surface area (Å²) in [7, 11) is -2.01. The zero-order chi connectivity index (χ0) is 17.6. The molecule has 1 amide bonds. The normalized spacial score (nSPS) is 18.6. The number of carbonyl (C=O) groups excluding carboxylic acids is 1. The second-order valence-electron chi connectivity index (χ2n) is 6.64. The summed E-state index contributed by atoms with van der Waals surface area (Å²) in [6.07, 6.45) is 8.98. The van der Waals surface area contributed by atoms with Gasteiger partial charge in [0.05, 0.1) is 6.26 Å². The molecule has 1 atom stereocenters. The first-order valence-corrected chi connectivity index (χ1v) is 10.5. The minimum Gasteiger partial charge on any atom is -0.352 e. The summed E-state index contributed by atoms with van der Waals surface area (Å²) in [4.78, 5) is 12.9. The summed E-state index contributed by atoms with van der Waals surface area (Å²) in [5.74, 6) is -0.236. The van der Waals surface area contributed by atoms with E-state index in [-0.39, 0.29) is 11.9 Å². The Bertz CT molecular complexity index is 623. The minimum absolute atomic E-state index is 0.136. The number of nitrogens with one attached hydrogen (secondary N) is 1. The van der Waals surface area contributed by atoms with Crippen LogP contribution in [0.2, 0.25) is 0 Å². The van der Waals surface area contributed by atoms with E-state index in [2.05, 4.69) is 5.32 Å². The first kappa shape index (κ1) is 18.9. The lowest BCUT2D eigenvalue weighted by molar-refractivity contribution is -0.125. The third-order valence-corrected chi connectivity index (χ3v) is 5.96. The van der Waals surface area contributed by atoms with E-state index in [1.165, 1.54) is 26.3 Å². The Morgan fingerprint density at radius 1 is 1.08 bits per heavy atom. The molecule has 5 nitrogen and oxygen atoms in total. The van der Waals surface area contributed by atoms with Gasteiger partial charge in [0.1, 0.15) is 6.04 Å². The Labute approximate surface area is 145 Å². The Balaban J connectivity index is 2.18. The molecule has 1 aromatic carbocycles. The number of rotatable bonds is 5. The van der Waals surface area contributed by atoms with Crippen molar-refractivity contribution in [2.75, 3.05) is 13.3 Å². The van der Waals surface area contributed by atoms with E-state index in [0.29, 0.717) is 5.56 Å². The largest absolute Gasteiger partial charge is 0.352 e. The van der Waals surface area contributed by atoms with Crippen LogP contribution in [0.25, 0.3) is 0 Å². The third kappa shape index (κ3) is 5.31. The first-order chi connectivity index (χ1) is 11.4. The van der Waals surface area contributed by atoms with Crippen LogP contribution in [0.3, 0.4) is 0 Å². The molecule has 1 aromatic rings. The summed E-state index contributed by atoms with van der Waals surface area (Å²) >= 11 is 0. The molecule has 24 heavy (non-hydrogen) atoms. The number of sulfonamides is 1. The number of hydrogen-bond acceptors (Lipinski definition) is 3. The van der Waals surface area contributed by atoms with Gasteiger partial charge in [-0.25, -0.2) is 8.42 Å². The van der Waals surface area contributed by atoms with E-state index in [1.54, 1.807) is 12.1 Å². The fraction of sp³-hybridized carbons (Fsp3) is 0.611. The average Bonchev–Trinajstić information content (AvgIpc) is 2.50. The smallest absolute Gasteiger partial charge is 0.243 e. The van der Waals surface area contributed by atoms with E-state index >= 15 is 0 Å². The molecule has 0 aromatic heterocycles. The monoisotopic (exact) mass is 352 g/mol. The lowest BCUT2D eigenvalue weighted by atomic mass is 9.96. The van der Waals surface area contributed by atoms with Gasteiger partial charge in [-0.15, -0.1) is 0 Å². The molecule has 1 saturated carbocycles. The minimum atomic E-state index is -3.48. The van der Waals surface area contributed by atoms with E-state index in [1.807, 2.05) is 18.2 Å². The lowest BCUT2D eigenvalue weighted by Crippen LogP contribution is -2.45. The molecule has 2 rings (SSSR count). The summed E-state index contributed by atoms with van der Waals surface area (Å²) in [6.45, 7) is 0. The van der Waals surface area contributed by atoms with Crippen LogP contribution >= 0.6 is 0 Å². The van der Waals surface area contributed by atoms with Crippen molar-refractivity contribution in [3.8, 4) is 0 Å². The molecule has 0 heterocycles. The van der Waals surface area contributed by atoms with Crippen molar-refractivity contribution in [3.05, 3.63) is 35.9 Å². The summed E-state index contributed by atoms with van der Waals surface area (Å²) < 4.78 is 25.1. The van der Waals surface area contributed by atoms with E-state index in [0.717, 1.165) is 36.2 Å². The van der Waals surface area contributed by atoms with Crippen molar-refractivity contribution in [3.63, 3.8) is 0 Å². The molecule has 1 fully saturated rings. The number of amides is 1. The predicted molar refractivity (Wildman–Crippen MR) is 96.0 cm³/mol. The molecular weight excluding hydrogens is 324 g/mol. The van der Waals surface area contributed by atoms with Crippen LogP contribution < -0.4 is 5.32 Å². The number of carbonyl (C=O) groups is 1. The fourth-order valence-electron chi connectivity index (χ4n) is 3.23. The van der Waals surface area contributed by atoms with Gasteiger partial charge < -0.3 is 5.32 Å². The highest BCUT2D eigenvalue weighted by molar-refractivity contribution is 7.88. The van der Waals surface area contributed by atoms with Crippen LogP contribution in [0.15, 0.2) is 30.3 Å². The van der Waals surface area contributed by atoms with Gasteiger partial charge in [0.25, 0.3) is 0 Å². The van der Waals surface area contributed by atoms with Gasteiger partial charge in [0.15, 0.2) is 0 Å². The Kier molecular flexibility index (Phi) is 6.80. The van der Waals surface area contributed by atoms with Crippen molar-refractivity contribution < 1.29 is 13.2 Å². The van der Waals surface area contributed by atoms with Crippen LogP contribution in [0.1, 0.15) is 56.6 Å². The molecule has 1 aliphatic carbocycles. The van der Waals surface area contributed by atoms with Gasteiger partial charge in [-0.05, 0) is 18.4 Å². The maximum atomic E-state index is 12.9. The SMILES string of the molecule is CN(C(C(=O)NC1CCCCCCC1)c1ccccc1)S(C)(=O)=O. The van der Waals surface area contributed by atoms with Gasteiger partial charge in [-0.2, -0.15) is 4.31 Å². The average molecular weight is 352 g/mol. The summed E-state index contributed by atoms with van der Waals surface area (Å²) in [5.41, 5.74) is 0.689. The van der Waals surface area contributed by atoms with Crippen LogP contribution in [0.4, 0.5) is 0 Å². The van der Waals surface area contributed by atoms with Crippen LogP contribution in [-0.4, -0.2) is 38.0 Å². The number of nitrogens with zero attached hydrogens (tertiary/aromatic N) is 1. The molecule has 0 spiro atoms. The molecule has 6 heteroatoms. The van der Waals surface area contributed by atoms with E-state index in [4.69, 9.17) is 0 Å². The van der Waals surface area contributed by atoms with E-state index < -0.39 is 16.1 Å². The third-order valence-electron chi connectivity index (χ3n) is 4.70. The van der Waals surface area contributed by atoms with Crippen molar-refractivity contribution in [1.82, 2.24) is 9.62 Å². The van der Waals surface area contributed by atoms with Gasteiger partial charge in [-0.1, -0.05) is 62.4 Å². The van der Waals surface area contributed by atoms with Crippen LogP contribution in [-0.2, 0) is 14.8 Å². The molecule has 1 aliphatic rings. The van der Waals surface area contributed by atoms with E-state index in [9.17, 15) is 13.2 Å². The quantitative estimate of drug-likeness (QED) is 0.886. The molecule has 1 unspecified atom stereocenters. The van der Waals surface area contributed by atoms with Gasteiger partial charge in [0, 0.05) is 13.1 Å². The molecule has 1 N–H and O–H groups in total. The fourth-order valence-corrected chi connectivity index (χ4v) is 3.83. The predicted octanol–water partition coefficient (Wildman–Crippen LogP) is 2.85. The standard InChI is InChI=1S/C18H28N2O3S/c1-20(24(2,22)23)17(15-11-7-6-8-12-15)18(21)19-16-13-9-4-3-5-10-14-16/h6-8,11-12,16-17H,3-5,9-10,13-14H2,1-2H3,(H,19,21). The van der Waals surface area contributed by atoms with Gasteiger partial charge in [-0.3, -0.25) is 4.79 Å². The lowest BCUT2D eigenvalue weighted by Gasteiger charge is -2.28. The number of benzene rings is 1. The molecule has 134 valence electrons. The maximum absolute atomic E-state index is 12.9. The summed E-state index contributed by atoms with van der Waals surface area (Å²) in [6, 6.07) is 8.40. The topological polar surface area (TPSA) is 66.5 Å². The highest BCUT2D eigenvalue weighted by Crippen LogP contribution is 2.23. The zero-order valence-electron chi connectivity index (χ0n) is 14.6. The molecule has 0 saturated heterocycles. The summed E-state index contributed by atoms with van der Waals surface area (Å²) in [5, 5.41) is 3.09. The second kappa shape index (κ2) is 8.62. The first-order valence-electron chi connectivity index (χ1n) is 8.68. The maximum Gasteiger partial charge on any atom is 0.243 e. The van der Waals surface area contributed by atoms with Crippen molar-refractivity contribution >= 4 is 15.9 Å². The van der Waals surface area contributed by atoms with Crippen LogP contribution in [0, 0.1) is 0 Å². The van der Waals surface area contributed by atoms with Gasteiger partial charge in [0.2, 0.25) is 15.9 Å². The number of hydrogen-bond donors (Lipinski definition) is 1. The highest BCUT2D eigenvalue weighted by atomic mass is 32.2. The Morgan fingerprint density at radius 3 is 2.17 bits per heavy atom. The number of likely N-dealkylation sites (N-methyl/N-ethyl adjacent to an activating group) is 1. The van der Waals surface area contributed by atoms with Crippen molar-refractivity contribution in [2.45, 2.75) is 57.0 Å². The van der Waals surface area contributed by atoms with Gasteiger partial charge >= 0.3 is 0 Å². The van der Waals surface area contributed by atoms with Crippen molar-refractivity contribution in [1.29, 1.82) is 0 Å². The second-order valence-corrected chi connectivity index (χ2v) is 8.69. The molecular formula is C18H28N2O3S. The Morgan fingerprint density at radius 2 is 1.62 bits per heavy atom. The zero-order valence-corrected chi connectivity index (χ0v) is 15.4. The van der Waals surface area contributed by atoms with Crippen molar-refractivity contribution in [2.24, 2.45) is 0 Å².